The first-order valence-corrected chi connectivity index (χ1v) is 47.5. The van der Waals surface area contributed by atoms with Gasteiger partial charge < -0.3 is 67.8 Å². The molecule has 4 N–H and O–H groups in total. The summed E-state index contributed by atoms with van der Waals surface area (Å²) in [7, 11) is -42.6. The van der Waals surface area contributed by atoms with Crippen molar-refractivity contribution in [1.29, 1.82) is 10.5 Å². The molecule has 24 nitrogen and oxygen atoms in total. The van der Waals surface area contributed by atoms with Gasteiger partial charge in [0.15, 0.2) is 49.6 Å². The molecule has 0 aliphatic carbocycles. The number of pyridine rings is 4. The number of nitriles is 2. The molecule has 0 atom stereocenters. The fourth-order valence-corrected chi connectivity index (χ4v) is 10.4. The monoisotopic (exact) mass is 2010 g/mol. The number of aliphatic carboxylic acids is 4. The number of aromatic nitrogens is 4. The van der Waals surface area contributed by atoms with Gasteiger partial charge >= 0.3 is 156 Å². The summed E-state index contributed by atoms with van der Waals surface area (Å²) in [6.45, 7) is 13.5. The smallest absolute Gasteiger partial charge is 0.303 e. The molecule has 52 heteroatoms. The Labute approximate surface area is 741 Å². The maximum atomic E-state index is 10.5. The third-order valence-electron chi connectivity index (χ3n) is 15.6. The number of ether oxygens (including phenoxy) is 10. The van der Waals surface area contributed by atoms with Gasteiger partial charge in [0.25, 0.3) is 0 Å². The molecule has 1 aliphatic rings. The third kappa shape index (κ3) is 79.6. The van der Waals surface area contributed by atoms with Crippen LogP contribution in [-0.4, -0.2) is 150 Å². The summed E-state index contributed by atoms with van der Waals surface area (Å²) >= 11 is 0. The van der Waals surface area contributed by atoms with Gasteiger partial charge in [-0.05, 0) is 72.2 Å². The van der Waals surface area contributed by atoms with Crippen molar-refractivity contribution in [2.75, 3.05) is 106 Å². The molecule has 0 unspecified atom stereocenters. The molecule has 8 aromatic rings. The van der Waals surface area contributed by atoms with Crippen LogP contribution in [0, 0.1) is 22.7 Å². The number of carboxylic acids is 4. The van der Waals surface area contributed by atoms with E-state index >= 15 is 0 Å². The number of carbonyl (C=O) groups is 4. The summed E-state index contributed by atoms with van der Waals surface area (Å²) in [5.74, 6) is 0.184. The van der Waals surface area contributed by atoms with Gasteiger partial charge in [0.1, 0.15) is 75.6 Å². The van der Waals surface area contributed by atoms with Crippen LogP contribution in [0.2, 0.25) is 0 Å². The van der Waals surface area contributed by atoms with Gasteiger partial charge in [0, 0.05) is 135 Å². The Bertz CT molecular complexity index is 4240. The van der Waals surface area contributed by atoms with Crippen LogP contribution in [0.15, 0.2) is 171 Å². The van der Waals surface area contributed by atoms with Crippen LogP contribution in [0.3, 0.4) is 0 Å². The molecule has 132 heavy (non-hydrogen) atoms. The minimum atomic E-state index is -10.7. The van der Waals surface area contributed by atoms with Crippen LogP contribution < -0.4 is 37.2 Å². The van der Waals surface area contributed by atoms with E-state index in [0.717, 1.165) is 119 Å². The second kappa shape index (κ2) is 52.5. The Balaban J connectivity index is 0.000000867. The van der Waals surface area contributed by atoms with Crippen molar-refractivity contribution in [3.8, 4) is 57.4 Å². The normalized spacial score (nSPS) is 15.5. The van der Waals surface area contributed by atoms with E-state index in [2.05, 4.69) is 66.8 Å². The van der Waals surface area contributed by atoms with Gasteiger partial charge in [-0.25, -0.2) is 18.3 Å². The number of nitrogens with zero attached hydrogens (tertiary/aromatic N) is 6. The molecule has 4 aromatic carbocycles. The van der Waals surface area contributed by atoms with Gasteiger partial charge in [-0.1, -0.05) is 48.5 Å². The van der Waals surface area contributed by atoms with Crippen molar-refractivity contribution in [2.24, 2.45) is 0 Å². The molecule has 0 fully saturated rings. The zero-order chi connectivity index (χ0) is 100. The molecule has 748 valence electrons. The van der Waals surface area contributed by atoms with E-state index in [1.54, 1.807) is 12.1 Å². The average Bonchev–Trinajstić information content (AvgIpc) is 0.794. The predicted octanol–water partition coefficient (Wildman–Crippen LogP) is 24.8. The van der Waals surface area contributed by atoms with E-state index in [4.69, 9.17) is 78.3 Å². The van der Waals surface area contributed by atoms with Crippen molar-refractivity contribution in [3.63, 3.8) is 0 Å². The SMILES string of the molecule is CC#N.CC#N.F[P-](F)(F)(F)(F)F.F[P-](F)(F)(F)(F)F.F[P-](F)(F)(F)(F)F.F[P-](F)(F)(F)(F)F.O=C(O)CCCC[n+]1ccc(-c2cc[n+](CCCCC(=O)O)cc2)cc1.O=C(O)CCCC[n+]1ccc(-c2cc[n+](CCCCC(=O)O)cc2)cc1.c1cc2c3cccc(c3c1)OCCOCCOCCOCCOc1cccc3c(cccc13)OCCOCCOCCOCCO2. The molecular formula is C80H102F24N6O18P4. The Morgan fingerprint density at radius 2 is 0.402 bits per heavy atom. The number of hydrogen-bond donors (Lipinski definition) is 4. The van der Waals surface area contributed by atoms with E-state index in [1.807, 2.05) is 122 Å². The molecule has 1 aliphatic heterocycles. The predicted molar refractivity (Wildman–Crippen MR) is 442 cm³/mol. The maximum absolute atomic E-state index is 10.7. The number of unbranched alkanes of at least 4 members (excludes halogenated alkanes) is 4. The Morgan fingerprint density at radius 1 is 0.265 bits per heavy atom. The van der Waals surface area contributed by atoms with Gasteiger partial charge in [-0.15, -0.1) is 0 Å². The van der Waals surface area contributed by atoms with Crippen molar-refractivity contribution < 1.29 is 206 Å². The van der Waals surface area contributed by atoms with Crippen molar-refractivity contribution in [2.45, 2.75) is 117 Å². The summed E-state index contributed by atoms with van der Waals surface area (Å²) in [4.78, 5) is 42.0. The fraction of sp³-hybridized carbons (Fsp3) is 0.425. The van der Waals surface area contributed by atoms with Crippen molar-refractivity contribution in [1.82, 2.24) is 0 Å². The first-order chi connectivity index (χ1) is 60.6. The van der Waals surface area contributed by atoms with Crippen molar-refractivity contribution >= 4 is 76.7 Å². The number of rotatable bonds is 22. The number of benzene rings is 4. The maximum Gasteiger partial charge on any atom is 0.303 e. The second-order valence-corrected chi connectivity index (χ2v) is 34.9. The molecule has 0 saturated heterocycles. The Morgan fingerprint density at radius 3 is 0.538 bits per heavy atom. The number of hydrogen-bond acceptors (Lipinski definition) is 16. The van der Waals surface area contributed by atoms with Gasteiger partial charge in [0.05, 0.1) is 91.4 Å². The standard InChI is InChI=1S/C36H44O10.2C20H24N2O4.2C2H3N.4F6P/c1-5-29-30-6-2-10-34(29)44-26-22-40-18-14-38-16-20-42-24-28-46-36-12-4-7-31-32(36)8-3-11-35(31)45-27-23-41-19-15-37-13-17-39-21-25-43-33(30)9-1;2*23-19(24)5-1-3-11-21-13-7-17(8-14-21)18-9-15-22(16-10-18)12-4-2-6-20(25)26;2*1-2-3;4*1-7(2,3,4,5)6/h1-12H,13-28H2;2*7-10,13-16H,1-6,11-12H2;2*1H3;;;;/q;;;;;4*-1/p+4. The van der Waals surface area contributed by atoms with Gasteiger partial charge in [-0.3, -0.25) is 19.2 Å². The summed E-state index contributed by atoms with van der Waals surface area (Å²) < 4.78 is 303. The molecule has 9 rings (SSSR count). The summed E-state index contributed by atoms with van der Waals surface area (Å²) in [6.07, 6.45) is 23.2. The minimum absolute atomic E-state index is 0.221. The third-order valence-corrected chi connectivity index (χ3v) is 15.6. The largest absolute Gasteiger partial charge is 0.491 e. The fourth-order valence-electron chi connectivity index (χ4n) is 10.4. The van der Waals surface area contributed by atoms with Crippen LogP contribution >= 0.6 is 31.2 Å². The van der Waals surface area contributed by atoms with Crippen LogP contribution in [0.1, 0.15) is 90.9 Å². The van der Waals surface area contributed by atoms with Crippen LogP contribution in [0.5, 0.6) is 23.0 Å². The van der Waals surface area contributed by atoms with Gasteiger partial charge in [-0.2, -0.15) is 10.5 Å². The molecule has 0 saturated carbocycles. The topological polar surface area (TPSA) is 305 Å². The van der Waals surface area contributed by atoms with E-state index in [0.29, 0.717) is 131 Å². The molecule has 0 spiro atoms. The zero-order valence-electron chi connectivity index (χ0n) is 70.8. The van der Waals surface area contributed by atoms with Gasteiger partial charge in [0.2, 0.25) is 0 Å². The molecular weight excluding hydrogens is 1910 g/mol. The molecule has 0 radical (unpaired) electrons. The van der Waals surface area contributed by atoms with E-state index in [1.165, 1.54) is 13.8 Å². The van der Waals surface area contributed by atoms with Crippen LogP contribution in [0.4, 0.5) is 101 Å². The summed E-state index contributed by atoms with van der Waals surface area (Å²) in [5, 5.41) is 53.2. The summed E-state index contributed by atoms with van der Waals surface area (Å²) in [6, 6.07) is 43.7. The quantitative estimate of drug-likeness (QED) is 0.0212. The van der Waals surface area contributed by atoms with Crippen molar-refractivity contribution in [3.05, 3.63) is 171 Å². The summed E-state index contributed by atoms with van der Waals surface area (Å²) in [5.41, 5.74) is 4.52. The zero-order valence-corrected chi connectivity index (χ0v) is 74.4. The van der Waals surface area contributed by atoms with E-state index < -0.39 is 55.1 Å². The first-order valence-electron chi connectivity index (χ1n) is 39.3. The van der Waals surface area contributed by atoms with Crippen LogP contribution in [0.25, 0.3) is 43.8 Å². The second-order valence-electron chi connectivity index (χ2n) is 27.3. The van der Waals surface area contributed by atoms with E-state index in [9.17, 15) is 120 Å². The minimum Gasteiger partial charge on any atom is -0.491 e. The Hall–Kier alpha value is -10.1. The number of halogens is 24. The first kappa shape index (κ1) is 120. The molecule has 5 heterocycles. The average molecular weight is 2020 g/mol. The molecule has 0 amide bonds. The molecule has 8 bridgehead atoms. The van der Waals surface area contributed by atoms with Crippen LogP contribution in [-0.2, 0) is 73.8 Å². The number of aryl methyl sites for hydroxylation is 4. The number of carboxylic acid groups (broad SMARTS) is 4. The molecule has 4 aromatic heterocycles. The van der Waals surface area contributed by atoms with E-state index in [-0.39, 0.29) is 25.7 Å². The Kier molecular flexibility index (Phi) is 47.7.